The third-order valence-corrected chi connectivity index (χ3v) is 2.89. The number of carbonyl (C=O) groups excluding carboxylic acids is 2. The number of phenolic OH excluding ortho intramolecular Hbond substituents is 1. The molecule has 0 saturated heterocycles. The number of carbonyl (C=O) groups is 3. The fourth-order valence-electron chi connectivity index (χ4n) is 1.93. The monoisotopic (exact) mass is 323 g/mol. The van der Waals surface area contributed by atoms with Crippen LogP contribution in [0.25, 0.3) is 0 Å². The number of imide groups is 1. The van der Waals surface area contributed by atoms with Crippen LogP contribution in [0.4, 0.5) is 4.79 Å². The molecule has 0 aliphatic rings. The van der Waals surface area contributed by atoms with Crippen LogP contribution in [0.5, 0.6) is 5.75 Å². The molecule has 1 atom stereocenters. The quantitative estimate of drug-likeness (QED) is 0.880. The summed E-state index contributed by atoms with van der Waals surface area (Å²) in [4.78, 5) is 36.1. The molecule has 0 fully saturated rings. The van der Waals surface area contributed by atoms with Crippen molar-refractivity contribution in [2.45, 2.75) is 45.8 Å². The molecule has 0 radical (unpaired) electrons. The third kappa shape index (κ3) is 5.61. The number of carboxylic acids is 1. The molecular weight excluding hydrogens is 302 g/mol. The highest BCUT2D eigenvalue weighted by molar-refractivity contribution is 5.95. The molecule has 126 valence electrons. The van der Waals surface area contributed by atoms with Crippen LogP contribution in [0.1, 0.15) is 33.3 Å². The van der Waals surface area contributed by atoms with Gasteiger partial charge in [-0.3, -0.25) is 4.79 Å². The standard InChI is InChI=1S/C16H21NO6/c1-10(18)17(15(22)23-16(2,3)4)13(14(20)21)9-11-5-7-12(19)8-6-11/h5-8,13,19H,9H2,1-4H3,(H,20,21). The van der Waals surface area contributed by atoms with E-state index in [0.29, 0.717) is 10.5 Å². The van der Waals surface area contributed by atoms with Crippen molar-refractivity contribution < 1.29 is 29.3 Å². The predicted octanol–water partition coefficient (Wildman–Crippen LogP) is 2.17. The van der Waals surface area contributed by atoms with Gasteiger partial charge in [-0.15, -0.1) is 0 Å². The lowest BCUT2D eigenvalue weighted by Gasteiger charge is -2.29. The van der Waals surface area contributed by atoms with Crippen molar-refractivity contribution in [3.63, 3.8) is 0 Å². The number of amides is 2. The van der Waals surface area contributed by atoms with Gasteiger partial charge in [0.15, 0.2) is 0 Å². The molecule has 1 aromatic carbocycles. The third-order valence-electron chi connectivity index (χ3n) is 2.89. The highest BCUT2D eigenvalue weighted by atomic mass is 16.6. The lowest BCUT2D eigenvalue weighted by Crippen LogP contribution is -2.50. The van der Waals surface area contributed by atoms with E-state index in [9.17, 15) is 24.6 Å². The lowest BCUT2D eigenvalue weighted by atomic mass is 10.0. The summed E-state index contributed by atoms with van der Waals surface area (Å²) in [6.45, 7) is 5.98. The van der Waals surface area contributed by atoms with E-state index in [4.69, 9.17) is 4.74 Å². The van der Waals surface area contributed by atoms with Crippen LogP contribution >= 0.6 is 0 Å². The number of ether oxygens (including phenoxy) is 1. The first-order valence-corrected chi connectivity index (χ1v) is 7.05. The zero-order valence-electron chi connectivity index (χ0n) is 13.6. The maximum absolute atomic E-state index is 12.2. The number of carboxylic acid groups (broad SMARTS) is 1. The molecule has 0 bridgehead atoms. The molecule has 1 rings (SSSR count). The van der Waals surface area contributed by atoms with Crippen molar-refractivity contribution >= 4 is 18.0 Å². The van der Waals surface area contributed by atoms with Gasteiger partial charge in [0.25, 0.3) is 0 Å². The second kappa shape index (κ2) is 7.13. The lowest BCUT2D eigenvalue weighted by molar-refractivity contribution is -0.148. The average Bonchev–Trinajstić information content (AvgIpc) is 2.37. The number of rotatable bonds is 4. The Morgan fingerprint density at radius 3 is 2.09 bits per heavy atom. The van der Waals surface area contributed by atoms with Crippen molar-refractivity contribution in [2.75, 3.05) is 0 Å². The van der Waals surface area contributed by atoms with Crippen molar-refractivity contribution in [2.24, 2.45) is 0 Å². The number of hydrogen-bond acceptors (Lipinski definition) is 5. The summed E-state index contributed by atoms with van der Waals surface area (Å²) in [6, 6.07) is 4.46. The van der Waals surface area contributed by atoms with Gasteiger partial charge in [0.2, 0.25) is 5.91 Å². The Morgan fingerprint density at radius 1 is 1.17 bits per heavy atom. The van der Waals surface area contributed by atoms with Crippen molar-refractivity contribution in [3.8, 4) is 5.75 Å². The first-order valence-electron chi connectivity index (χ1n) is 7.05. The van der Waals surface area contributed by atoms with E-state index in [0.717, 1.165) is 6.92 Å². The SMILES string of the molecule is CC(=O)N(C(=O)OC(C)(C)C)C(Cc1ccc(O)cc1)C(=O)O. The molecule has 0 aromatic heterocycles. The van der Waals surface area contributed by atoms with Gasteiger partial charge in [0, 0.05) is 13.3 Å². The second-order valence-corrected chi connectivity index (χ2v) is 6.09. The van der Waals surface area contributed by atoms with Crippen molar-refractivity contribution in [3.05, 3.63) is 29.8 Å². The van der Waals surface area contributed by atoms with E-state index in [1.54, 1.807) is 20.8 Å². The summed E-state index contributed by atoms with van der Waals surface area (Å²) in [6.07, 6.45) is -1.09. The molecule has 7 heteroatoms. The van der Waals surface area contributed by atoms with Crippen molar-refractivity contribution in [1.82, 2.24) is 4.90 Å². The minimum atomic E-state index is -1.40. The summed E-state index contributed by atoms with van der Waals surface area (Å²) in [5.41, 5.74) is -0.295. The first-order chi connectivity index (χ1) is 10.5. The van der Waals surface area contributed by atoms with Crippen LogP contribution in [0.3, 0.4) is 0 Å². The molecule has 2 N–H and O–H groups in total. The van der Waals surface area contributed by atoms with Gasteiger partial charge in [0.05, 0.1) is 0 Å². The van der Waals surface area contributed by atoms with Gasteiger partial charge in [-0.25, -0.2) is 14.5 Å². The number of aromatic hydroxyl groups is 1. The van der Waals surface area contributed by atoms with E-state index in [1.165, 1.54) is 24.3 Å². The van der Waals surface area contributed by atoms with E-state index in [1.807, 2.05) is 0 Å². The van der Waals surface area contributed by atoms with Crippen LogP contribution in [0, 0.1) is 0 Å². The van der Waals surface area contributed by atoms with Crippen LogP contribution in [-0.4, -0.2) is 44.7 Å². The maximum atomic E-state index is 12.2. The molecule has 2 amide bonds. The Bertz CT molecular complexity index is 588. The first kappa shape index (κ1) is 18.5. The van der Waals surface area contributed by atoms with Crippen LogP contribution in [0.2, 0.25) is 0 Å². The largest absolute Gasteiger partial charge is 0.508 e. The fraction of sp³-hybridized carbons (Fsp3) is 0.438. The van der Waals surface area contributed by atoms with E-state index < -0.39 is 29.6 Å². The number of hydrogen-bond donors (Lipinski definition) is 2. The van der Waals surface area contributed by atoms with E-state index in [-0.39, 0.29) is 12.2 Å². The van der Waals surface area contributed by atoms with Crippen LogP contribution in [0.15, 0.2) is 24.3 Å². The van der Waals surface area contributed by atoms with Crippen LogP contribution in [-0.2, 0) is 20.7 Å². The Hall–Kier alpha value is -2.57. The van der Waals surface area contributed by atoms with E-state index in [2.05, 4.69) is 0 Å². The van der Waals surface area contributed by atoms with Gasteiger partial charge in [-0.05, 0) is 38.5 Å². The zero-order chi connectivity index (χ0) is 17.8. The summed E-state index contributed by atoms with van der Waals surface area (Å²) < 4.78 is 5.11. The predicted molar refractivity (Wildman–Crippen MR) is 82.0 cm³/mol. The molecule has 0 spiro atoms. The number of nitrogens with zero attached hydrogens (tertiary/aromatic N) is 1. The summed E-state index contributed by atoms with van der Waals surface area (Å²) in [7, 11) is 0. The van der Waals surface area contributed by atoms with Gasteiger partial charge >= 0.3 is 12.1 Å². The Labute approximate surface area is 134 Å². The molecule has 7 nitrogen and oxygen atoms in total. The van der Waals surface area contributed by atoms with Gasteiger partial charge in [0.1, 0.15) is 17.4 Å². The second-order valence-electron chi connectivity index (χ2n) is 6.09. The molecular formula is C16H21NO6. The van der Waals surface area contributed by atoms with Gasteiger partial charge < -0.3 is 14.9 Å². The Balaban J connectivity index is 3.07. The topological polar surface area (TPSA) is 104 Å². The van der Waals surface area contributed by atoms with Crippen molar-refractivity contribution in [1.29, 1.82) is 0 Å². The summed E-state index contributed by atoms with van der Waals surface area (Å²) >= 11 is 0. The zero-order valence-corrected chi connectivity index (χ0v) is 13.6. The smallest absolute Gasteiger partial charge is 0.417 e. The van der Waals surface area contributed by atoms with E-state index >= 15 is 0 Å². The normalized spacial score (nSPS) is 12.3. The fourth-order valence-corrected chi connectivity index (χ4v) is 1.93. The molecule has 0 aliphatic carbocycles. The number of benzene rings is 1. The van der Waals surface area contributed by atoms with Gasteiger partial charge in [-0.1, -0.05) is 12.1 Å². The minimum absolute atomic E-state index is 0.0381. The van der Waals surface area contributed by atoms with Gasteiger partial charge in [-0.2, -0.15) is 0 Å². The maximum Gasteiger partial charge on any atom is 0.417 e. The molecule has 0 aliphatic heterocycles. The minimum Gasteiger partial charge on any atom is -0.508 e. The average molecular weight is 323 g/mol. The Kier molecular flexibility index (Phi) is 5.73. The van der Waals surface area contributed by atoms with Crippen LogP contribution < -0.4 is 0 Å². The Morgan fingerprint density at radius 2 is 1.70 bits per heavy atom. The highest BCUT2D eigenvalue weighted by Gasteiger charge is 2.36. The highest BCUT2D eigenvalue weighted by Crippen LogP contribution is 2.17. The number of phenols is 1. The number of aliphatic carboxylic acids is 1. The molecule has 0 saturated carbocycles. The molecule has 23 heavy (non-hydrogen) atoms. The summed E-state index contributed by atoms with van der Waals surface area (Å²) in [5, 5.41) is 18.7. The molecule has 1 aromatic rings. The molecule has 1 unspecified atom stereocenters. The summed E-state index contributed by atoms with van der Waals surface area (Å²) in [5.74, 6) is -2.00. The molecule has 0 heterocycles.